The van der Waals surface area contributed by atoms with Crippen molar-refractivity contribution in [2.75, 3.05) is 38.2 Å². The van der Waals surface area contributed by atoms with Crippen molar-refractivity contribution >= 4 is 28.9 Å². The van der Waals surface area contributed by atoms with Crippen molar-refractivity contribution in [2.45, 2.75) is 26.3 Å². The molecular weight excluding hydrogens is 437 g/mol. The van der Waals surface area contributed by atoms with Gasteiger partial charge >= 0.3 is 6.03 Å². The fraction of sp³-hybridized carbons (Fsp3) is 0.400. The highest BCUT2D eigenvalue weighted by Crippen LogP contribution is 2.31. The van der Waals surface area contributed by atoms with E-state index in [0.29, 0.717) is 51.6 Å². The molecule has 1 fully saturated rings. The molecule has 178 valence electrons. The molecule has 3 amide bonds. The van der Waals surface area contributed by atoms with Gasteiger partial charge in [-0.2, -0.15) is 0 Å². The molecule has 0 aliphatic carbocycles. The molecule has 2 aromatic carbocycles. The molecule has 9 heteroatoms. The number of carbonyl (C=O) groups is 2. The summed E-state index contributed by atoms with van der Waals surface area (Å²) in [7, 11) is 0. The van der Waals surface area contributed by atoms with Crippen LogP contribution >= 0.6 is 0 Å². The lowest BCUT2D eigenvalue weighted by molar-refractivity contribution is -0.114. The van der Waals surface area contributed by atoms with Crippen molar-refractivity contribution in [3.8, 4) is 16.9 Å². The molecule has 3 aromatic rings. The fourth-order valence-corrected chi connectivity index (χ4v) is 4.63. The summed E-state index contributed by atoms with van der Waals surface area (Å²) in [6.45, 7) is 3.74. The standard InChI is InChI=1S/C25H28FN5O3/c1-16(32)27-24-28-21-4-2-19(13-22(21)29-24)18-3-5-23-20(12-18)15-31(10-11-34-23)25(33)30-8-6-17(14-26)7-9-30/h2-5,12-13,17H,6-11,14-15H2,1H3,(H2,27,28,29,32). The first-order valence-electron chi connectivity index (χ1n) is 11.6. The van der Waals surface area contributed by atoms with Gasteiger partial charge in [-0.3, -0.25) is 14.5 Å². The van der Waals surface area contributed by atoms with Crippen LogP contribution in [0, 0.1) is 5.92 Å². The molecule has 2 aliphatic heterocycles. The lowest BCUT2D eigenvalue weighted by Crippen LogP contribution is -2.47. The number of H-pyrrole nitrogens is 1. The Hall–Kier alpha value is -3.62. The van der Waals surface area contributed by atoms with Crippen LogP contribution in [0.3, 0.4) is 0 Å². The van der Waals surface area contributed by atoms with Crippen molar-refractivity contribution in [3.05, 3.63) is 42.0 Å². The molecule has 2 aliphatic rings. The van der Waals surface area contributed by atoms with Crippen LogP contribution < -0.4 is 10.1 Å². The number of carbonyl (C=O) groups excluding carboxylic acids is 2. The number of aromatic amines is 1. The molecule has 0 unspecified atom stereocenters. The molecule has 8 nitrogen and oxygen atoms in total. The van der Waals surface area contributed by atoms with E-state index in [4.69, 9.17) is 4.74 Å². The second-order valence-electron chi connectivity index (χ2n) is 8.96. The zero-order valence-corrected chi connectivity index (χ0v) is 19.1. The number of urea groups is 1. The van der Waals surface area contributed by atoms with Crippen molar-refractivity contribution in [1.82, 2.24) is 19.8 Å². The van der Waals surface area contributed by atoms with E-state index in [9.17, 15) is 14.0 Å². The minimum absolute atomic E-state index is 0.0106. The average Bonchev–Trinajstić information content (AvgIpc) is 3.11. The zero-order chi connectivity index (χ0) is 23.7. The van der Waals surface area contributed by atoms with Gasteiger partial charge in [-0.15, -0.1) is 0 Å². The molecule has 5 rings (SSSR count). The minimum Gasteiger partial charge on any atom is -0.491 e. The largest absolute Gasteiger partial charge is 0.491 e. The van der Waals surface area contributed by atoms with Gasteiger partial charge < -0.3 is 19.5 Å². The molecule has 0 saturated carbocycles. The second-order valence-corrected chi connectivity index (χ2v) is 8.96. The predicted octanol–water partition coefficient (Wildman–Crippen LogP) is 4.18. The molecule has 0 radical (unpaired) electrons. The van der Waals surface area contributed by atoms with E-state index < -0.39 is 0 Å². The van der Waals surface area contributed by atoms with Crippen molar-refractivity contribution in [1.29, 1.82) is 0 Å². The molecule has 2 N–H and O–H groups in total. The van der Waals surface area contributed by atoms with Crippen LogP contribution in [-0.4, -0.2) is 64.6 Å². The molecule has 0 bridgehead atoms. The first kappa shape index (κ1) is 22.2. The Morgan fingerprint density at radius 1 is 1.12 bits per heavy atom. The second kappa shape index (κ2) is 9.32. The van der Waals surface area contributed by atoms with Crippen LogP contribution in [0.15, 0.2) is 36.4 Å². The first-order valence-corrected chi connectivity index (χ1v) is 11.6. The number of hydrogen-bond acceptors (Lipinski definition) is 4. The maximum atomic E-state index is 13.2. The third kappa shape index (κ3) is 4.55. The highest BCUT2D eigenvalue weighted by atomic mass is 19.1. The number of alkyl halides is 1. The molecule has 1 saturated heterocycles. The van der Waals surface area contributed by atoms with Crippen LogP contribution in [0.25, 0.3) is 22.2 Å². The van der Waals surface area contributed by atoms with E-state index in [-0.39, 0.29) is 24.5 Å². The van der Waals surface area contributed by atoms with Gasteiger partial charge in [0.05, 0.1) is 30.8 Å². The van der Waals surface area contributed by atoms with E-state index in [1.165, 1.54) is 6.92 Å². The van der Waals surface area contributed by atoms with Gasteiger partial charge in [0.15, 0.2) is 0 Å². The molecule has 0 atom stereocenters. The Morgan fingerprint density at radius 2 is 1.88 bits per heavy atom. The number of ether oxygens (including phenoxy) is 1. The third-order valence-electron chi connectivity index (χ3n) is 6.52. The molecule has 34 heavy (non-hydrogen) atoms. The summed E-state index contributed by atoms with van der Waals surface area (Å²) in [5, 5.41) is 2.67. The third-order valence-corrected chi connectivity index (χ3v) is 6.52. The summed E-state index contributed by atoms with van der Waals surface area (Å²) in [6.07, 6.45) is 1.43. The van der Waals surface area contributed by atoms with Crippen molar-refractivity contribution in [2.24, 2.45) is 5.92 Å². The maximum absolute atomic E-state index is 13.2. The summed E-state index contributed by atoms with van der Waals surface area (Å²) in [5.74, 6) is 1.09. The van der Waals surface area contributed by atoms with Gasteiger partial charge in [-0.05, 0) is 54.2 Å². The Kier molecular flexibility index (Phi) is 6.08. The zero-order valence-electron chi connectivity index (χ0n) is 19.1. The first-order chi connectivity index (χ1) is 16.5. The number of amides is 3. The van der Waals surface area contributed by atoms with E-state index in [2.05, 4.69) is 21.4 Å². The number of rotatable bonds is 3. The number of piperidine rings is 1. The predicted molar refractivity (Wildman–Crippen MR) is 127 cm³/mol. The highest BCUT2D eigenvalue weighted by molar-refractivity contribution is 5.90. The average molecular weight is 466 g/mol. The number of halogens is 1. The molecular formula is C25H28FN5O3. The summed E-state index contributed by atoms with van der Waals surface area (Å²) in [4.78, 5) is 35.6. The van der Waals surface area contributed by atoms with Gasteiger partial charge in [-0.1, -0.05) is 12.1 Å². The number of likely N-dealkylation sites (tertiary alicyclic amines) is 1. The number of benzene rings is 2. The maximum Gasteiger partial charge on any atom is 0.320 e. The Balaban J connectivity index is 1.36. The topological polar surface area (TPSA) is 90.6 Å². The number of imidazole rings is 1. The van der Waals surface area contributed by atoms with Crippen LogP contribution in [-0.2, 0) is 11.3 Å². The van der Waals surface area contributed by atoms with E-state index >= 15 is 0 Å². The lowest BCUT2D eigenvalue weighted by atomic mass is 9.98. The van der Waals surface area contributed by atoms with Crippen LogP contribution in [0.4, 0.5) is 15.1 Å². The Bertz CT molecular complexity index is 1220. The van der Waals surface area contributed by atoms with Crippen molar-refractivity contribution < 1.29 is 18.7 Å². The van der Waals surface area contributed by atoms with E-state index in [1.807, 2.05) is 40.1 Å². The van der Waals surface area contributed by atoms with Gasteiger partial charge in [-0.25, -0.2) is 9.78 Å². The summed E-state index contributed by atoms with van der Waals surface area (Å²) in [5.41, 5.74) is 4.52. The van der Waals surface area contributed by atoms with Crippen LogP contribution in [0.1, 0.15) is 25.3 Å². The number of aromatic nitrogens is 2. The van der Waals surface area contributed by atoms with E-state index in [0.717, 1.165) is 33.5 Å². The summed E-state index contributed by atoms with van der Waals surface area (Å²) in [6, 6.07) is 11.9. The molecule has 1 aromatic heterocycles. The van der Waals surface area contributed by atoms with Crippen molar-refractivity contribution in [3.63, 3.8) is 0 Å². The number of anilines is 1. The minimum atomic E-state index is -0.311. The molecule has 3 heterocycles. The molecule has 0 spiro atoms. The van der Waals surface area contributed by atoms with Gasteiger partial charge in [0, 0.05) is 25.6 Å². The highest BCUT2D eigenvalue weighted by Gasteiger charge is 2.28. The van der Waals surface area contributed by atoms with E-state index in [1.54, 1.807) is 0 Å². The summed E-state index contributed by atoms with van der Waals surface area (Å²) < 4.78 is 18.9. The quantitative estimate of drug-likeness (QED) is 0.607. The number of nitrogens with one attached hydrogen (secondary N) is 2. The Morgan fingerprint density at radius 3 is 2.65 bits per heavy atom. The smallest absolute Gasteiger partial charge is 0.320 e. The van der Waals surface area contributed by atoms with Gasteiger partial charge in [0.1, 0.15) is 12.4 Å². The summed E-state index contributed by atoms with van der Waals surface area (Å²) >= 11 is 0. The van der Waals surface area contributed by atoms with Gasteiger partial charge in [0.25, 0.3) is 0 Å². The monoisotopic (exact) mass is 465 g/mol. The lowest BCUT2D eigenvalue weighted by Gasteiger charge is -2.34. The number of nitrogens with zero attached hydrogens (tertiary/aromatic N) is 3. The fourth-order valence-electron chi connectivity index (χ4n) is 4.63. The normalized spacial score (nSPS) is 16.6. The van der Waals surface area contributed by atoms with Crippen LogP contribution in [0.2, 0.25) is 0 Å². The number of fused-ring (bicyclic) bond motifs is 2. The number of hydrogen-bond donors (Lipinski definition) is 2. The Labute approximate surface area is 197 Å². The van der Waals surface area contributed by atoms with Crippen LogP contribution in [0.5, 0.6) is 5.75 Å². The van der Waals surface area contributed by atoms with Gasteiger partial charge in [0.2, 0.25) is 11.9 Å². The SMILES string of the molecule is CC(=O)Nc1nc2ccc(-c3ccc4c(c3)CN(C(=O)N3CCC(CF)CC3)CCO4)cc2[nH]1.